The lowest BCUT2D eigenvalue weighted by Crippen LogP contribution is -2.01. The fourth-order valence-electron chi connectivity index (χ4n) is 1.11. The van der Waals surface area contributed by atoms with Crippen molar-refractivity contribution in [1.29, 1.82) is 0 Å². The molecule has 0 unspecified atom stereocenters. The molecule has 17 heavy (non-hydrogen) atoms. The molecule has 0 saturated heterocycles. The van der Waals surface area contributed by atoms with Crippen molar-refractivity contribution in [3.8, 4) is 0 Å². The topological polar surface area (TPSA) is 63.1 Å². The zero-order valence-corrected chi connectivity index (χ0v) is 10.9. The fraction of sp³-hybridized carbons (Fsp3) is 0. The van der Waals surface area contributed by atoms with Crippen LogP contribution < -0.4 is 0 Å². The van der Waals surface area contributed by atoms with Gasteiger partial charge in [-0.15, -0.1) is 10.2 Å². The van der Waals surface area contributed by atoms with Gasteiger partial charge in [0.15, 0.2) is 5.69 Å². The molecule has 1 aromatic heterocycles. The van der Waals surface area contributed by atoms with Crippen LogP contribution in [-0.2, 0) is 0 Å². The average molecular weight is 311 g/mol. The van der Waals surface area contributed by atoms with Gasteiger partial charge in [-0.1, -0.05) is 27.7 Å². The predicted molar refractivity (Wildman–Crippen MR) is 67.3 cm³/mol. The molecule has 0 fully saturated rings. The second kappa shape index (κ2) is 5.29. The van der Waals surface area contributed by atoms with E-state index in [4.69, 9.17) is 5.11 Å². The number of carboxylic acids is 1. The summed E-state index contributed by atoms with van der Waals surface area (Å²) in [6, 6.07) is 10.8. The van der Waals surface area contributed by atoms with E-state index in [-0.39, 0.29) is 5.69 Å². The minimum Gasteiger partial charge on any atom is -0.476 e. The van der Waals surface area contributed by atoms with Crippen molar-refractivity contribution in [2.45, 2.75) is 9.92 Å². The van der Waals surface area contributed by atoms with Crippen molar-refractivity contribution in [3.63, 3.8) is 0 Å². The number of hydrogen-bond acceptors (Lipinski definition) is 4. The van der Waals surface area contributed by atoms with Gasteiger partial charge in [0.05, 0.1) is 0 Å². The van der Waals surface area contributed by atoms with Gasteiger partial charge in [0, 0.05) is 9.37 Å². The lowest BCUT2D eigenvalue weighted by Gasteiger charge is -2.00. The molecule has 0 atom stereocenters. The van der Waals surface area contributed by atoms with Crippen LogP contribution >= 0.6 is 27.7 Å². The van der Waals surface area contributed by atoms with Crippen molar-refractivity contribution in [2.24, 2.45) is 0 Å². The van der Waals surface area contributed by atoms with Crippen LogP contribution in [0.25, 0.3) is 0 Å². The molecule has 86 valence electrons. The molecule has 0 amide bonds. The molecule has 2 aromatic rings. The largest absolute Gasteiger partial charge is 0.476 e. The maximum absolute atomic E-state index is 10.6. The van der Waals surface area contributed by atoms with E-state index in [1.807, 2.05) is 24.3 Å². The highest BCUT2D eigenvalue weighted by atomic mass is 79.9. The van der Waals surface area contributed by atoms with E-state index in [1.165, 1.54) is 17.8 Å². The zero-order valence-electron chi connectivity index (χ0n) is 8.50. The Morgan fingerprint density at radius 1 is 1.12 bits per heavy atom. The lowest BCUT2D eigenvalue weighted by molar-refractivity contribution is 0.0689. The molecule has 0 aliphatic rings. The Labute approximate surface area is 110 Å². The van der Waals surface area contributed by atoms with Gasteiger partial charge < -0.3 is 5.11 Å². The normalized spacial score (nSPS) is 10.2. The van der Waals surface area contributed by atoms with E-state index in [0.29, 0.717) is 5.03 Å². The number of aromatic carboxylic acids is 1. The summed E-state index contributed by atoms with van der Waals surface area (Å²) in [6.07, 6.45) is 0. The number of hydrogen-bond donors (Lipinski definition) is 1. The number of halogens is 1. The Morgan fingerprint density at radius 2 is 1.82 bits per heavy atom. The van der Waals surface area contributed by atoms with Gasteiger partial charge in [0.25, 0.3) is 0 Å². The van der Waals surface area contributed by atoms with Gasteiger partial charge in [-0.3, -0.25) is 0 Å². The highest BCUT2D eigenvalue weighted by molar-refractivity contribution is 9.10. The Balaban J connectivity index is 2.13. The molecule has 1 aromatic carbocycles. The fourth-order valence-corrected chi connectivity index (χ4v) is 2.11. The smallest absolute Gasteiger partial charge is 0.356 e. The minimum absolute atomic E-state index is 0.0508. The van der Waals surface area contributed by atoms with Crippen LogP contribution in [-0.4, -0.2) is 21.3 Å². The van der Waals surface area contributed by atoms with Crippen LogP contribution in [0.15, 0.2) is 50.8 Å². The minimum atomic E-state index is -1.07. The van der Waals surface area contributed by atoms with E-state index in [9.17, 15) is 4.79 Å². The van der Waals surface area contributed by atoms with Crippen molar-refractivity contribution >= 4 is 33.7 Å². The first-order valence-electron chi connectivity index (χ1n) is 4.65. The zero-order chi connectivity index (χ0) is 12.3. The maximum Gasteiger partial charge on any atom is 0.356 e. The van der Waals surface area contributed by atoms with Crippen LogP contribution in [0.2, 0.25) is 0 Å². The van der Waals surface area contributed by atoms with Gasteiger partial charge in [-0.05, 0) is 36.4 Å². The number of carbonyl (C=O) groups is 1. The first-order chi connectivity index (χ1) is 8.15. The molecule has 2 rings (SSSR count). The summed E-state index contributed by atoms with van der Waals surface area (Å²) in [6.45, 7) is 0. The Bertz CT molecular complexity index is 528. The van der Waals surface area contributed by atoms with Gasteiger partial charge in [-0.2, -0.15) is 0 Å². The summed E-state index contributed by atoms with van der Waals surface area (Å²) in [5, 5.41) is 16.8. The predicted octanol–water partition coefficient (Wildman–Crippen LogP) is 3.09. The van der Waals surface area contributed by atoms with E-state index < -0.39 is 5.97 Å². The van der Waals surface area contributed by atoms with Crippen LogP contribution in [0.3, 0.4) is 0 Å². The molecule has 1 N–H and O–H groups in total. The molecule has 0 aliphatic carbocycles. The monoisotopic (exact) mass is 310 g/mol. The van der Waals surface area contributed by atoms with Crippen LogP contribution in [0.1, 0.15) is 10.5 Å². The Hall–Kier alpha value is -1.40. The number of benzene rings is 1. The highest BCUT2D eigenvalue weighted by Gasteiger charge is 2.05. The van der Waals surface area contributed by atoms with E-state index in [2.05, 4.69) is 26.1 Å². The van der Waals surface area contributed by atoms with Crippen molar-refractivity contribution < 1.29 is 9.90 Å². The van der Waals surface area contributed by atoms with Crippen LogP contribution in [0.5, 0.6) is 0 Å². The highest BCUT2D eigenvalue weighted by Crippen LogP contribution is 2.26. The van der Waals surface area contributed by atoms with Gasteiger partial charge in [-0.25, -0.2) is 4.79 Å². The number of carboxylic acid groups (broad SMARTS) is 1. The third-order valence-electron chi connectivity index (χ3n) is 1.90. The Kier molecular flexibility index (Phi) is 3.75. The standard InChI is InChI=1S/C11H7BrN2O2S/c12-7-1-3-8(4-2-7)17-10-6-5-9(11(15)16)13-14-10/h1-6H,(H,15,16). The SMILES string of the molecule is O=C(O)c1ccc(Sc2ccc(Br)cc2)nn1. The summed E-state index contributed by atoms with van der Waals surface area (Å²) >= 11 is 4.78. The number of rotatable bonds is 3. The van der Waals surface area contributed by atoms with Gasteiger partial charge in [0.2, 0.25) is 0 Å². The molecular formula is C11H7BrN2O2S. The van der Waals surface area contributed by atoms with Crippen molar-refractivity contribution in [3.05, 3.63) is 46.6 Å². The Morgan fingerprint density at radius 3 is 2.35 bits per heavy atom. The molecule has 0 bridgehead atoms. The summed E-state index contributed by atoms with van der Waals surface area (Å²) in [4.78, 5) is 11.6. The molecule has 0 radical (unpaired) electrons. The summed E-state index contributed by atoms with van der Waals surface area (Å²) in [5.41, 5.74) is -0.0508. The molecule has 6 heteroatoms. The van der Waals surface area contributed by atoms with Gasteiger partial charge in [0.1, 0.15) is 5.03 Å². The van der Waals surface area contributed by atoms with Gasteiger partial charge >= 0.3 is 5.97 Å². The average Bonchev–Trinajstić information content (AvgIpc) is 2.33. The summed E-state index contributed by atoms with van der Waals surface area (Å²) in [7, 11) is 0. The van der Waals surface area contributed by atoms with Crippen molar-refractivity contribution in [2.75, 3.05) is 0 Å². The lowest BCUT2D eigenvalue weighted by atomic mass is 10.4. The molecule has 0 saturated carbocycles. The summed E-state index contributed by atoms with van der Waals surface area (Å²) < 4.78 is 1.01. The maximum atomic E-state index is 10.6. The molecule has 0 aliphatic heterocycles. The third kappa shape index (κ3) is 3.28. The summed E-state index contributed by atoms with van der Waals surface area (Å²) in [5.74, 6) is -1.07. The van der Waals surface area contributed by atoms with E-state index in [1.54, 1.807) is 6.07 Å². The van der Waals surface area contributed by atoms with Crippen LogP contribution in [0.4, 0.5) is 0 Å². The molecule has 1 heterocycles. The molecule has 4 nitrogen and oxygen atoms in total. The molecular weight excluding hydrogens is 304 g/mol. The molecule has 0 spiro atoms. The third-order valence-corrected chi connectivity index (χ3v) is 3.36. The second-order valence-corrected chi connectivity index (χ2v) is 5.13. The van der Waals surface area contributed by atoms with Crippen LogP contribution in [0, 0.1) is 0 Å². The second-order valence-electron chi connectivity index (χ2n) is 3.12. The first kappa shape index (κ1) is 12.1. The van der Waals surface area contributed by atoms with E-state index in [0.717, 1.165) is 9.37 Å². The van der Waals surface area contributed by atoms with Crippen molar-refractivity contribution in [1.82, 2.24) is 10.2 Å². The first-order valence-corrected chi connectivity index (χ1v) is 6.26. The number of aromatic nitrogens is 2. The van der Waals surface area contributed by atoms with E-state index >= 15 is 0 Å². The quantitative estimate of drug-likeness (QED) is 0.944. The number of nitrogens with zero attached hydrogens (tertiary/aromatic N) is 2.